The maximum absolute atomic E-state index is 14.3. The van der Waals surface area contributed by atoms with Crippen LogP contribution in [-0.4, -0.2) is 4.98 Å². The number of benzene rings is 2. The zero-order valence-electron chi connectivity index (χ0n) is 18.3. The molecule has 3 aromatic rings. The summed E-state index contributed by atoms with van der Waals surface area (Å²) in [5.41, 5.74) is 9.14. The first kappa shape index (κ1) is 24.4. The molecule has 0 unspecified atom stereocenters. The second-order valence-electron chi connectivity index (χ2n) is 6.45. The van der Waals surface area contributed by atoms with Crippen molar-refractivity contribution in [1.82, 2.24) is 4.98 Å². The number of hydrogen-bond acceptors (Lipinski definition) is 1. The molecule has 1 aromatic heterocycles. The Kier molecular flexibility index (Phi) is 10.1. The molecule has 2 nitrogen and oxygen atoms in total. The minimum absolute atomic E-state index is 0.219. The van der Waals surface area contributed by atoms with Crippen molar-refractivity contribution < 1.29 is 8.78 Å². The zero-order valence-corrected chi connectivity index (χ0v) is 18.3. The van der Waals surface area contributed by atoms with E-state index in [4.69, 9.17) is 0 Å². The molecule has 1 saturated carbocycles. The van der Waals surface area contributed by atoms with Crippen LogP contribution in [0.2, 0.25) is 0 Å². The number of fused-ring (bicyclic) bond motifs is 1. The Morgan fingerprint density at radius 2 is 1.59 bits per heavy atom. The van der Waals surface area contributed by atoms with Crippen molar-refractivity contribution in [1.29, 1.82) is 0 Å². The van der Waals surface area contributed by atoms with Gasteiger partial charge in [0.2, 0.25) is 0 Å². The lowest BCUT2D eigenvalue weighted by atomic mass is 9.78. The molecule has 0 spiro atoms. The zero-order chi connectivity index (χ0) is 22.0. The molecule has 0 saturated heterocycles. The number of aromatic amines is 1. The second kappa shape index (κ2) is 12.1. The van der Waals surface area contributed by atoms with Crippen molar-refractivity contribution in [2.75, 3.05) is 0 Å². The average molecular weight is 401 g/mol. The fourth-order valence-electron chi connectivity index (χ4n) is 3.37. The largest absolute Gasteiger partial charge is 0.405 e. The summed E-state index contributed by atoms with van der Waals surface area (Å²) in [6.45, 7) is 13.1. The minimum atomic E-state index is -0.257. The van der Waals surface area contributed by atoms with Crippen LogP contribution in [0.15, 0.2) is 49.2 Å². The summed E-state index contributed by atoms with van der Waals surface area (Å²) in [4.78, 5) is 3.25. The van der Waals surface area contributed by atoms with Crippen LogP contribution < -0.4 is 5.73 Å². The van der Waals surface area contributed by atoms with Crippen LogP contribution in [0, 0.1) is 18.6 Å². The van der Waals surface area contributed by atoms with Crippen LogP contribution in [0.5, 0.6) is 0 Å². The summed E-state index contributed by atoms with van der Waals surface area (Å²) < 4.78 is 27.5. The van der Waals surface area contributed by atoms with Gasteiger partial charge in [-0.2, -0.15) is 0 Å². The molecule has 1 aliphatic carbocycles. The third-order valence-electron chi connectivity index (χ3n) is 4.69. The third kappa shape index (κ3) is 5.69. The quantitative estimate of drug-likeness (QED) is 0.452. The highest BCUT2D eigenvalue weighted by molar-refractivity contribution is 5.92. The van der Waals surface area contributed by atoms with Gasteiger partial charge in [0.05, 0.1) is 11.2 Å². The predicted molar refractivity (Wildman–Crippen MR) is 122 cm³/mol. The maximum Gasteiger partial charge on any atom is 0.147 e. The highest BCUT2D eigenvalue weighted by Crippen LogP contribution is 2.45. The first-order valence-corrected chi connectivity index (χ1v) is 10.5. The molecule has 1 heterocycles. The highest BCUT2D eigenvalue weighted by atomic mass is 19.1. The van der Waals surface area contributed by atoms with Crippen molar-refractivity contribution >= 4 is 10.9 Å². The molecule has 0 bridgehead atoms. The van der Waals surface area contributed by atoms with Crippen LogP contribution in [-0.2, 0) is 0 Å². The van der Waals surface area contributed by atoms with Crippen LogP contribution >= 0.6 is 0 Å². The second-order valence-corrected chi connectivity index (χ2v) is 6.45. The molecule has 0 radical (unpaired) electrons. The van der Waals surface area contributed by atoms with Gasteiger partial charge in [0.1, 0.15) is 11.6 Å². The van der Waals surface area contributed by atoms with E-state index in [2.05, 4.69) is 23.4 Å². The number of rotatable bonds is 2. The standard InChI is InChI=1S/C19H17F2N.C2H5N.2C2H6/c1-11-9-15-17(12-3-2-4-12)18(22-19(15)16(21)10-11)13-5-7-14(20)8-6-13;1-2-3;2*1-2/h5-10,12,22H,2-4H2,1H3;2H,1,3H2;2*1-2H3. The van der Waals surface area contributed by atoms with Gasteiger partial charge in [-0.15, -0.1) is 0 Å². The lowest BCUT2D eigenvalue weighted by molar-refractivity contribution is 0.423. The van der Waals surface area contributed by atoms with E-state index in [9.17, 15) is 8.78 Å². The van der Waals surface area contributed by atoms with Gasteiger partial charge in [-0.3, -0.25) is 0 Å². The van der Waals surface area contributed by atoms with E-state index in [1.165, 1.54) is 30.3 Å². The van der Waals surface area contributed by atoms with Crippen molar-refractivity contribution in [3.63, 3.8) is 0 Å². The number of aromatic nitrogens is 1. The van der Waals surface area contributed by atoms with E-state index in [1.807, 2.05) is 34.6 Å². The minimum Gasteiger partial charge on any atom is -0.405 e. The maximum atomic E-state index is 14.3. The van der Waals surface area contributed by atoms with E-state index in [0.717, 1.165) is 35.0 Å². The predicted octanol–water partition coefficient (Wildman–Crippen LogP) is 7.83. The van der Waals surface area contributed by atoms with E-state index in [1.54, 1.807) is 18.2 Å². The Morgan fingerprint density at radius 1 is 1.03 bits per heavy atom. The van der Waals surface area contributed by atoms with Crippen molar-refractivity contribution in [2.24, 2.45) is 5.73 Å². The molecule has 0 aliphatic heterocycles. The molecule has 3 N–H and O–H groups in total. The fraction of sp³-hybridized carbons (Fsp3) is 0.360. The van der Waals surface area contributed by atoms with Crippen LogP contribution in [0.3, 0.4) is 0 Å². The molecule has 1 aliphatic rings. The SMILES string of the molecule is C=CN.CC.CC.Cc1cc(F)c2[nH]c(-c3ccc(F)cc3)c(C3CCC3)c2c1. The van der Waals surface area contributed by atoms with Crippen LogP contribution in [0.1, 0.15) is 64.0 Å². The molecule has 4 heteroatoms. The Bertz CT molecular complexity index is 891. The number of nitrogens with two attached hydrogens (primary N) is 1. The van der Waals surface area contributed by atoms with E-state index in [-0.39, 0.29) is 11.6 Å². The van der Waals surface area contributed by atoms with Crippen molar-refractivity contribution in [3.05, 3.63) is 71.9 Å². The molecule has 158 valence electrons. The van der Waals surface area contributed by atoms with Gasteiger partial charge in [-0.25, -0.2) is 8.78 Å². The number of hydrogen-bond donors (Lipinski definition) is 2. The Balaban J connectivity index is 0.000000540. The molecule has 0 amide bonds. The number of H-pyrrole nitrogens is 1. The molecular formula is C25H34F2N2. The Morgan fingerprint density at radius 3 is 2.07 bits per heavy atom. The number of halogens is 2. The summed E-state index contributed by atoms with van der Waals surface area (Å²) in [6.07, 6.45) is 4.74. The Hall–Kier alpha value is -2.62. The van der Waals surface area contributed by atoms with E-state index >= 15 is 0 Å². The van der Waals surface area contributed by atoms with Gasteiger partial charge < -0.3 is 10.7 Å². The fourth-order valence-corrected chi connectivity index (χ4v) is 3.37. The molecule has 29 heavy (non-hydrogen) atoms. The van der Waals surface area contributed by atoms with E-state index < -0.39 is 0 Å². The van der Waals surface area contributed by atoms with Crippen molar-refractivity contribution in [2.45, 2.75) is 59.8 Å². The summed E-state index contributed by atoms with van der Waals surface area (Å²) in [6, 6.07) is 10.0. The van der Waals surface area contributed by atoms with E-state index in [0.29, 0.717) is 11.4 Å². The van der Waals surface area contributed by atoms with Gasteiger partial charge in [0.15, 0.2) is 0 Å². The number of nitrogens with one attached hydrogen (secondary N) is 1. The summed E-state index contributed by atoms with van der Waals surface area (Å²) in [7, 11) is 0. The van der Waals surface area contributed by atoms with Crippen LogP contribution in [0.4, 0.5) is 8.78 Å². The van der Waals surface area contributed by atoms with Crippen molar-refractivity contribution in [3.8, 4) is 11.3 Å². The summed E-state index contributed by atoms with van der Waals surface area (Å²) in [5, 5.41) is 0.974. The summed E-state index contributed by atoms with van der Waals surface area (Å²) in [5.74, 6) is -0.00832. The molecular weight excluding hydrogens is 366 g/mol. The molecule has 0 atom stereocenters. The monoisotopic (exact) mass is 400 g/mol. The Labute approximate surface area is 173 Å². The first-order chi connectivity index (χ1) is 14.0. The lowest BCUT2D eigenvalue weighted by Gasteiger charge is -2.26. The number of aryl methyl sites for hydroxylation is 1. The van der Waals surface area contributed by atoms with Gasteiger partial charge >= 0.3 is 0 Å². The smallest absolute Gasteiger partial charge is 0.147 e. The molecule has 4 rings (SSSR count). The summed E-state index contributed by atoms with van der Waals surface area (Å²) >= 11 is 0. The van der Waals surface area contributed by atoms with Gasteiger partial charge in [-0.1, -0.05) is 40.7 Å². The average Bonchev–Trinajstić information content (AvgIpc) is 3.04. The lowest BCUT2D eigenvalue weighted by Crippen LogP contribution is -2.09. The topological polar surface area (TPSA) is 41.8 Å². The first-order valence-electron chi connectivity index (χ1n) is 10.5. The van der Waals surface area contributed by atoms with Gasteiger partial charge in [-0.05, 0) is 85.0 Å². The highest BCUT2D eigenvalue weighted by Gasteiger charge is 2.27. The molecule has 1 fully saturated rings. The normalized spacial score (nSPS) is 12.4. The van der Waals surface area contributed by atoms with Gasteiger partial charge in [0.25, 0.3) is 0 Å². The third-order valence-corrected chi connectivity index (χ3v) is 4.69. The van der Waals surface area contributed by atoms with Gasteiger partial charge in [0, 0.05) is 5.39 Å². The van der Waals surface area contributed by atoms with Crippen LogP contribution in [0.25, 0.3) is 22.2 Å². The molecule has 2 aromatic carbocycles.